The van der Waals surface area contributed by atoms with Gasteiger partial charge in [-0.25, -0.2) is 0 Å². The summed E-state index contributed by atoms with van der Waals surface area (Å²) >= 11 is 0. The Labute approximate surface area is 97.4 Å². The van der Waals surface area contributed by atoms with Crippen molar-refractivity contribution in [2.75, 3.05) is 0 Å². The molecule has 2 aromatic rings. The topological polar surface area (TPSA) is 25.8 Å². The molecule has 0 fully saturated rings. The average Bonchev–Trinajstić information content (AvgIpc) is 2.33. The van der Waals surface area contributed by atoms with Crippen LogP contribution >= 0.6 is 0 Å². The molecule has 0 aliphatic rings. The number of pyridine rings is 2. The molecule has 0 radical (unpaired) electrons. The second-order valence-corrected chi connectivity index (χ2v) is 3.33. The molecule has 0 amide bonds. The van der Waals surface area contributed by atoms with Gasteiger partial charge >= 0.3 is 0 Å². The summed E-state index contributed by atoms with van der Waals surface area (Å²) in [7, 11) is 0. The van der Waals surface area contributed by atoms with Crippen LogP contribution < -0.4 is 0 Å². The zero-order valence-corrected chi connectivity index (χ0v) is 10.4. The maximum Gasteiger partial charge on any atom is 0.0454 e. The first-order valence-corrected chi connectivity index (χ1v) is 5.62. The van der Waals surface area contributed by atoms with Gasteiger partial charge in [-0.15, -0.1) is 0 Å². The van der Waals surface area contributed by atoms with Gasteiger partial charge in [-0.2, -0.15) is 0 Å². The van der Waals surface area contributed by atoms with Crippen molar-refractivity contribution < 1.29 is 0 Å². The first-order chi connectivity index (χ1) is 7.77. The minimum atomic E-state index is 1.05. The molecule has 2 aromatic heterocycles. The number of hydrogen-bond acceptors (Lipinski definition) is 2. The van der Waals surface area contributed by atoms with Crippen molar-refractivity contribution in [3.05, 3.63) is 48.0 Å². The molecule has 0 N–H and O–H groups in total. The van der Waals surface area contributed by atoms with Gasteiger partial charge in [-0.1, -0.05) is 26.0 Å². The van der Waals surface area contributed by atoms with E-state index in [1.54, 1.807) is 6.20 Å². The lowest BCUT2D eigenvalue weighted by atomic mass is 10.1. The van der Waals surface area contributed by atoms with Crippen LogP contribution in [0.3, 0.4) is 0 Å². The molecule has 84 valence electrons. The van der Waals surface area contributed by atoms with Crippen LogP contribution in [0.1, 0.15) is 25.2 Å². The standard InChI is InChI=1S/C12H12N2.C2H6/c1-9-5-6-12(10(2)14-9)11-4-3-7-13-8-11;1-2/h3-8H,1-2H3;1-2H3. The highest BCUT2D eigenvalue weighted by Gasteiger charge is 2.01. The Morgan fingerprint density at radius 1 is 1.00 bits per heavy atom. The molecule has 0 saturated carbocycles. The molecule has 2 heteroatoms. The molecule has 0 atom stereocenters. The number of aromatic nitrogens is 2. The Morgan fingerprint density at radius 2 is 1.75 bits per heavy atom. The first kappa shape index (κ1) is 12.4. The second kappa shape index (κ2) is 6.01. The Balaban J connectivity index is 0.000000606. The Morgan fingerprint density at radius 3 is 2.31 bits per heavy atom. The summed E-state index contributed by atoms with van der Waals surface area (Å²) in [6.45, 7) is 8.02. The predicted octanol–water partition coefficient (Wildman–Crippen LogP) is 3.79. The van der Waals surface area contributed by atoms with E-state index < -0.39 is 0 Å². The van der Waals surface area contributed by atoms with Crippen LogP contribution in [0.4, 0.5) is 0 Å². The van der Waals surface area contributed by atoms with E-state index >= 15 is 0 Å². The molecule has 2 nitrogen and oxygen atoms in total. The van der Waals surface area contributed by atoms with E-state index in [1.165, 1.54) is 0 Å². The summed E-state index contributed by atoms with van der Waals surface area (Å²) in [6, 6.07) is 8.10. The summed E-state index contributed by atoms with van der Waals surface area (Å²) in [5.41, 5.74) is 4.38. The average molecular weight is 214 g/mol. The predicted molar refractivity (Wildman–Crippen MR) is 68.3 cm³/mol. The highest BCUT2D eigenvalue weighted by molar-refractivity contribution is 5.64. The number of hydrogen-bond donors (Lipinski definition) is 0. The molecule has 2 heterocycles. The van der Waals surface area contributed by atoms with Crippen LogP contribution in [0, 0.1) is 13.8 Å². The molecular weight excluding hydrogens is 196 g/mol. The van der Waals surface area contributed by atoms with Crippen LogP contribution in [0.25, 0.3) is 11.1 Å². The highest BCUT2D eigenvalue weighted by Crippen LogP contribution is 2.20. The summed E-state index contributed by atoms with van der Waals surface area (Å²) < 4.78 is 0. The number of rotatable bonds is 1. The first-order valence-electron chi connectivity index (χ1n) is 5.62. The van der Waals surface area contributed by atoms with Gasteiger partial charge in [0.2, 0.25) is 0 Å². The minimum Gasteiger partial charge on any atom is -0.264 e. The third-order valence-corrected chi connectivity index (χ3v) is 2.20. The molecule has 16 heavy (non-hydrogen) atoms. The van der Waals surface area contributed by atoms with Gasteiger partial charge in [0, 0.05) is 34.9 Å². The molecular formula is C14H18N2. The van der Waals surface area contributed by atoms with Gasteiger partial charge in [-0.3, -0.25) is 9.97 Å². The lowest BCUT2D eigenvalue weighted by Gasteiger charge is -2.04. The molecule has 0 aromatic carbocycles. The Bertz CT molecular complexity index is 436. The third kappa shape index (κ3) is 2.89. The fraction of sp³-hybridized carbons (Fsp3) is 0.286. The van der Waals surface area contributed by atoms with Crippen molar-refractivity contribution in [3.63, 3.8) is 0 Å². The molecule has 0 bridgehead atoms. The smallest absolute Gasteiger partial charge is 0.0454 e. The second-order valence-electron chi connectivity index (χ2n) is 3.33. The van der Waals surface area contributed by atoms with Crippen molar-refractivity contribution in [2.45, 2.75) is 27.7 Å². The van der Waals surface area contributed by atoms with Crippen molar-refractivity contribution in [3.8, 4) is 11.1 Å². The van der Waals surface area contributed by atoms with Gasteiger partial charge in [-0.05, 0) is 26.0 Å². The molecule has 0 saturated heterocycles. The lowest BCUT2D eigenvalue weighted by molar-refractivity contribution is 1.12. The normalized spacial score (nSPS) is 9.25. The summed E-state index contributed by atoms with van der Waals surface area (Å²) in [5.74, 6) is 0. The van der Waals surface area contributed by atoms with Crippen molar-refractivity contribution in [1.82, 2.24) is 9.97 Å². The van der Waals surface area contributed by atoms with Crippen molar-refractivity contribution >= 4 is 0 Å². The number of nitrogens with zero attached hydrogens (tertiary/aromatic N) is 2. The SMILES string of the molecule is CC.Cc1ccc(-c2cccnc2)c(C)n1. The largest absolute Gasteiger partial charge is 0.264 e. The van der Waals surface area contributed by atoms with Crippen LogP contribution in [0.2, 0.25) is 0 Å². The van der Waals surface area contributed by atoms with Gasteiger partial charge in [0.25, 0.3) is 0 Å². The summed E-state index contributed by atoms with van der Waals surface area (Å²) in [6.07, 6.45) is 3.64. The van der Waals surface area contributed by atoms with E-state index in [2.05, 4.69) is 16.0 Å². The van der Waals surface area contributed by atoms with Gasteiger partial charge in [0.15, 0.2) is 0 Å². The lowest BCUT2D eigenvalue weighted by Crippen LogP contribution is -1.90. The van der Waals surface area contributed by atoms with Crippen LogP contribution in [0.15, 0.2) is 36.7 Å². The monoisotopic (exact) mass is 214 g/mol. The van der Waals surface area contributed by atoms with E-state index in [1.807, 2.05) is 52.1 Å². The van der Waals surface area contributed by atoms with E-state index in [0.717, 1.165) is 22.5 Å². The van der Waals surface area contributed by atoms with Crippen LogP contribution in [-0.2, 0) is 0 Å². The molecule has 0 aliphatic heterocycles. The maximum absolute atomic E-state index is 4.42. The zero-order valence-electron chi connectivity index (χ0n) is 10.4. The van der Waals surface area contributed by atoms with E-state index in [4.69, 9.17) is 0 Å². The highest BCUT2D eigenvalue weighted by atomic mass is 14.7. The molecule has 0 spiro atoms. The molecule has 0 unspecified atom stereocenters. The van der Waals surface area contributed by atoms with E-state index in [-0.39, 0.29) is 0 Å². The van der Waals surface area contributed by atoms with Gasteiger partial charge < -0.3 is 0 Å². The van der Waals surface area contributed by atoms with Crippen molar-refractivity contribution in [2.24, 2.45) is 0 Å². The van der Waals surface area contributed by atoms with Gasteiger partial charge in [0.1, 0.15) is 0 Å². The van der Waals surface area contributed by atoms with Crippen molar-refractivity contribution in [1.29, 1.82) is 0 Å². The van der Waals surface area contributed by atoms with Gasteiger partial charge in [0.05, 0.1) is 0 Å². The van der Waals surface area contributed by atoms with E-state index in [9.17, 15) is 0 Å². The quantitative estimate of drug-likeness (QED) is 0.721. The summed E-state index contributed by atoms with van der Waals surface area (Å²) in [4.78, 5) is 8.52. The van der Waals surface area contributed by atoms with Crippen LogP contribution in [0.5, 0.6) is 0 Å². The fourth-order valence-corrected chi connectivity index (χ4v) is 1.51. The number of aryl methyl sites for hydroxylation is 2. The molecule has 0 aliphatic carbocycles. The zero-order chi connectivity index (χ0) is 12.0. The molecule has 2 rings (SSSR count). The Hall–Kier alpha value is -1.70. The minimum absolute atomic E-state index is 1.05. The fourth-order valence-electron chi connectivity index (χ4n) is 1.51. The summed E-state index contributed by atoms with van der Waals surface area (Å²) in [5, 5.41) is 0. The third-order valence-electron chi connectivity index (χ3n) is 2.20. The Kier molecular flexibility index (Phi) is 4.65. The maximum atomic E-state index is 4.42. The van der Waals surface area contributed by atoms with Crippen LogP contribution in [-0.4, -0.2) is 9.97 Å². The van der Waals surface area contributed by atoms with E-state index in [0.29, 0.717) is 0 Å².